The van der Waals surface area contributed by atoms with Gasteiger partial charge < -0.3 is 10.1 Å². The minimum absolute atomic E-state index is 0.00875. The van der Waals surface area contributed by atoms with Crippen molar-refractivity contribution < 1.29 is 14.7 Å². The Labute approximate surface area is 125 Å². The van der Waals surface area contributed by atoms with Crippen LogP contribution >= 0.6 is 11.6 Å². The Bertz CT molecular complexity index is 850. The van der Waals surface area contributed by atoms with Crippen molar-refractivity contribution in [1.82, 2.24) is 4.98 Å². The van der Waals surface area contributed by atoms with E-state index < -0.39 is 5.97 Å². The molecule has 2 N–H and O–H groups in total. The Hall–Kier alpha value is -2.59. The number of carbonyl (C=O) groups is 2. The summed E-state index contributed by atoms with van der Waals surface area (Å²) in [5.41, 5.74) is 1.07. The van der Waals surface area contributed by atoms with Gasteiger partial charge in [0.1, 0.15) is 5.69 Å². The van der Waals surface area contributed by atoms with Gasteiger partial charge in [0.15, 0.2) is 0 Å². The monoisotopic (exact) mass is 299 g/mol. The van der Waals surface area contributed by atoms with Gasteiger partial charge >= 0.3 is 5.97 Å². The van der Waals surface area contributed by atoms with Gasteiger partial charge in [0.25, 0.3) is 0 Å². The number of halogens is 1. The maximum absolute atomic E-state index is 12.5. The number of fused-ring (bicyclic) bond motifs is 1. The van der Waals surface area contributed by atoms with Crippen molar-refractivity contribution in [3.05, 3.63) is 70.4 Å². The standard InChI is InChI=1S/C16H10ClNO3/c17-10-7-5-9(6-8-10)15(19)14-13(16(20)21)11-3-1-2-4-12(11)18-14/h1-8,18H,(H,20,21). The summed E-state index contributed by atoms with van der Waals surface area (Å²) >= 11 is 5.80. The second-order valence-corrected chi connectivity index (χ2v) is 5.00. The van der Waals surface area contributed by atoms with Crippen molar-refractivity contribution in [2.75, 3.05) is 0 Å². The first-order chi connectivity index (χ1) is 10.1. The molecule has 5 heteroatoms. The molecule has 3 aromatic rings. The molecule has 0 atom stereocenters. The van der Waals surface area contributed by atoms with E-state index in [1.165, 1.54) is 0 Å². The van der Waals surface area contributed by atoms with Crippen LogP contribution in [0.25, 0.3) is 10.9 Å². The van der Waals surface area contributed by atoms with Crippen molar-refractivity contribution in [1.29, 1.82) is 0 Å². The highest BCUT2D eigenvalue weighted by molar-refractivity contribution is 6.30. The number of rotatable bonds is 3. The average Bonchev–Trinajstić information content (AvgIpc) is 2.86. The molecule has 0 bridgehead atoms. The number of hydrogen-bond donors (Lipinski definition) is 2. The minimum Gasteiger partial charge on any atom is -0.478 e. The molecule has 4 nitrogen and oxygen atoms in total. The first kappa shape index (κ1) is 13.4. The summed E-state index contributed by atoms with van der Waals surface area (Å²) < 4.78 is 0. The normalized spacial score (nSPS) is 10.7. The van der Waals surface area contributed by atoms with Crippen LogP contribution in [0.4, 0.5) is 0 Å². The number of aromatic nitrogens is 1. The van der Waals surface area contributed by atoms with Crippen LogP contribution in [0.15, 0.2) is 48.5 Å². The largest absolute Gasteiger partial charge is 0.478 e. The lowest BCUT2D eigenvalue weighted by atomic mass is 10.0. The zero-order valence-corrected chi connectivity index (χ0v) is 11.5. The van der Waals surface area contributed by atoms with Crippen molar-refractivity contribution >= 4 is 34.3 Å². The number of para-hydroxylation sites is 1. The highest BCUT2D eigenvalue weighted by Crippen LogP contribution is 2.25. The van der Waals surface area contributed by atoms with Crippen molar-refractivity contribution in [3.8, 4) is 0 Å². The van der Waals surface area contributed by atoms with Crippen LogP contribution in [-0.4, -0.2) is 21.8 Å². The molecule has 0 aliphatic heterocycles. The Balaban J connectivity index is 2.19. The lowest BCUT2D eigenvalue weighted by Gasteiger charge is -2.01. The van der Waals surface area contributed by atoms with Crippen LogP contribution < -0.4 is 0 Å². The maximum atomic E-state index is 12.5. The van der Waals surface area contributed by atoms with E-state index >= 15 is 0 Å². The van der Waals surface area contributed by atoms with E-state index in [1.54, 1.807) is 48.5 Å². The molecule has 0 aliphatic carbocycles. The number of aromatic amines is 1. The van der Waals surface area contributed by atoms with Crippen LogP contribution in [0.2, 0.25) is 5.02 Å². The van der Waals surface area contributed by atoms with Crippen LogP contribution in [-0.2, 0) is 0 Å². The summed E-state index contributed by atoms with van der Waals surface area (Å²) in [4.78, 5) is 26.9. The molecule has 0 saturated carbocycles. The molecule has 1 heterocycles. The molecule has 0 unspecified atom stereocenters. The van der Waals surface area contributed by atoms with E-state index in [9.17, 15) is 14.7 Å². The smallest absolute Gasteiger partial charge is 0.338 e. The zero-order valence-electron chi connectivity index (χ0n) is 10.8. The fourth-order valence-electron chi connectivity index (χ4n) is 2.28. The van der Waals surface area contributed by atoms with Crippen molar-refractivity contribution in [2.24, 2.45) is 0 Å². The van der Waals surface area contributed by atoms with Gasteiger partial charge in [0.05, 0.1) is 5.56 Å². The molecule has 0 spiro atoms. The van der Waals surface area contributed by atoms with Gasteiger partial charge in [-0.3, -0.25) is 4.79 Å². The molecule has 0 fully saturated rings. The summed E-state index contributed by atoms with van der Waals surface area (Å²) in [6.07, 6.45) is 0. The van der Waals surface area contributed by atoms with Gasteiger partial charge in [-0.15, -0.1) is 0 Å². The van der Waals surface area contributed by atoms with Gasteiger partial charge in [-0.05, 0) is 30.3 Å². The average molecular weight is 300 g/mol. The predicted molar refractivity (Wildman–Crippen MR) is 80.1 cm³/mol. The number of aromatic carboxylic acids is 1. The first-order valence-corrected chi connectivity index (χ1v) is 6.60. The van der Waals surface area contributed by atoms with Crippen LogP contribution in [0.1, 0.15) is 26.4 Å². The number of nitrogens with one attached hydrogen (secondary N) is 1. The predicted octanol–water partition coefficient (Wildman–Crippen LogP) is 3.75. The van der Waals surface area contributed by atoms with E-state index in [-0.39, 0.29) is 17.0 Å². The molecule has 3 rings (SSSR count). The van der Waals surface area contributed by atoms with Crippen LogP contribution in [0.3, 0.4) is 0 Å². The third-order valence-corrected chi connectivity index (χ3v) is 3.51. The van der Waals surface area contributed by atoms with E-state index in [4.69, 9.17) is 11.6 Å². The summed E-state index contributed by atoms with van der Waals surface area (Å²) in [6, 6.07) is 13.3. The highest BCUT2D eigenvalue weighted by atomic mass is 35.5. The molecule has 0 aliphatic rings. The lowest BCUT2D eigenvalue weighted by molar-refractivity contribution is 0.0695. The second kappa shape index (κ2) is 5.07. The van der Waals surface area contributed by atoms with E-state index in [1.807, 2.05) is 0 Å². The summed E-state index contributed by atoms with van der Waals surface area (Å²) in [6.45, 7) is 0. The Morgan fingerprint density at radius 2 is 1.67 bits per heavy atom. The number of H-pyrrole nitrogens is 1. The molecular formula is C16H10ClNO3. The van der Waals surface area contributed by atoms with Gasteiger partial charge in [0, 0.05) is 21.5 Å². The fourth-order valence-corrected chi connectivity index (χ4v) is 2.41. The van der Waals surface area contributed by atoms with Gasteiger partial charge in [0.2, 0.25) is 5.78 Å². The number of benzene rings is 2. The number of hydrogen-bond acceptors (Lipinski definition) is 2. The SMILES string of the molecule is O=C(c1ccc(Cl)cc1)c1[nH]c2ccccc2c1C(=O)O. The van der Waals surface area contributed by atoms with Crippen molar-refractivity contribution in [2.45, 2.75) is 0 Å². The molecular weight excluding hydrogens is 290 g/mol. The van der Waals surface area contributed by atoms with E-state index in [0.29, 0.717) is 21.5 Å². The van der Waals surface area contributed by atoms with Gasteiger partial charge in [-0.2, -0.15) is 0 Å². The molecule has 0 amide bonds. The minimum atomic E-state index is -1.13. The van der Waals surface area contributed by atoms with Crippen LogP contribution in [0.5, 0.6) is 0 Å². The Morgan fingerprint density at radius 3 is 2.33 bits per heavy atom. The molecule has 1 aromatic heterocycles. The molecule has 0 radical (unpaired) electrons. The zero-order chi connectivity index (χ0) is 15.0. The molecule has 0 saturated heterocycles. The van der Waals surface area contributed by atoms with Gasteiger partial charge in [-0.25, -0.2) is 4.79 Å². The van der Waals surface area contributed by atoms with E-state index in [0.717, 1.165) is 0 Å². The number of ketones is 1. The third-order valence-electron chi connectivity index (χ3n) is 3.25. The lowest BCUT2D eigenvalue weighted by Crippen LogP contribution is -2.08. The quantitative estimate of drug-likeness (QED) is 0.724. The molecule has 104 valence electrons. The highest BCUT2D eigenvalue weighted by Gasteiger charge is 2.23. The molecule has 21 heavy (non-hydrogen) atoms. The van der Waals surface area contributed by atoms with E-state index in [2.05, 4.69) is 4.98 Å². The third kappa shape index (κ3) is 2.30. The Morgan fingerprint density at radius 1 is 1.00 bits per heavy atom. The maximum Gasteiger partial charge on any atom is 0.338 e. The number of carboxylic acids is 1. The second-order valence-electron chi connectivity index (χ2n) is 4.56. The van der Waals surface area contributed by atoms with Crippen molar-refractivity contribution in [3.63, 3.8) is 0 Å². The number of carbonyl (C=O) groups excluding carboxylic acids is 1. The summed E-state index contributed by atoms with van der Waals surface area (Å²) in [7, 11) is 0. The van der Waals surface area contributed by atoms with Crippen LogP contribution in [0, 0.1) is 0 Å². The number of carboxylic acid groups (broad SMARTS) is 1. The summed E-state index contributed by atoms with van der Waals surface area (Å²) in [5.74, 6) is -1.51. The first-order valence-electron chi connectivity index (χ1n) is 6.22. The Kier molecular flexibility index (Phi) is 3.23. The fraction of sp³-hybridized carbons (Fsp3) is 0. The topological polar surface area (TPSA) is 70.2 Å². The molecule has 2 aromatic carbocycles. The van der Waals surface area contributed by atoms with Gasteiger partial charge in [-0.1, -0.05) is 29.8 Å². The summed E-state index contributed by atoms with van der Waals surface area (Å²) in [5, 5.41) is 10.4.